The molecule has 0 unspecified atom stereocenters. The molecule has 0 bridgehead atoms. The van der Waals surface area contributed by atoms with Crippen molar-refractivity contribution in [1.29, 1.82) is 0 Å². The summed E-state index contributed by atoms with van der Waals surface area (Å²) in [5.41, 5.74) is 1.10. The van der Waals surface area contributed by atoms with Crippen molar-refractivity contribution < 1.29 is 18.6 Å². The zero-order valence-electron chi connectivity index (χ0n) is 18.7. The van der Waals surface area contributed by atoms with Crippen LogP contribution in [0.5, 0.6) is 17.2 Å². The highest BCUT2D eigenvalue weighted by Crippen LogP contribution is 2.40. The summed E-state index contributed by atoms with van der Waals surface area (Å²) in [7, 11) is 4.58. The number of fused-ring (bicyclic) bond motifs is 1. The van der Waals surface area contributed by atoms with Crippen LogP contribution in [0.1, 0.15) is 5.76 Å². The van der Waals surface area contributed by atoms with E-state index in [1.54, 1.807) is 42.5 Å². The van der Waals surface area contributed by atoms with Crippen molar-refractivity contribution in [3.63, 3.8) is 0 Å². The minimum Gasteiger partial charge on any atom is -0.493 e. The van der Waals surface area contributed by atoms with Gasteiger partial charge in [0.2, 0.25) is 10.7 Å². The normalized spacial score (nSPS) is 11.9. The molecule has 0 saturated carbocycles. The standard InChI is InChI=1S/C24H17Cl2N3O5S/c1-31-18-9-13(10-19(32-2)21(18)33-3)22-27-24-29(28-22)23(30)20(35-24)11-14-5-7-17(34-14)12-4-6-15(25)16(26)8-12/h4-11H,1-3H3/b20-11-. The van der Waals surface area contributed by atoms with Crippen LogP contribution in [-0.4, -0.2) is 35.9 Å². The fraction of sp³-hybridized carbons (Fsp3) is 0.125. The summed E-state index contributed by atoms with van der Waals surface area (Å²) >= 11 is 13.3. The third kappa shape index (κ3) is 4.22. The van der Waals surface area contributed by atoms with Gasteiger partial charge in [0.1, 0.15) is 16.1 Å². The maximum atomic E-state index is 13.0. The van der Waals surface area contributed by atoms with Crippen molar-refractivity contribution in [2.45, 2.75) is 0 Å². The number of thiazole rings is 1. The summed E-state index contributed by atoms with van der Waals surface area (Å²) in [4.78, 5) is 17.9. The van der Waals surface area contributed by atoms with Gasteiger partial charge in [-0.15, -0.1) is 5.10 Å². The molecule has 8 nitrogen and oxygen atoms in total. The molecular weight excluding hydrogens is 513 g/mol. The molecule has 2 aromatic carbocycles. The van der Waals surface area contributed by atoms with Gasteiger partial charge in [0.25, 0.3) is 5.56 Å². The van der Waals surface area contributed by atoms with Gasteiger partial charge in [0.15, 0.2) is 17.3 Å². The number of methoxy groups -OCH3 is 3. The van der Waals surface area contributed by atoms with Gasteiger partial charge in [-0.05, 0) is 42.5 Å². The smallest absolute Gasteiger partial charge is 0.291 e. The fourth-order valence-corrected chi connectivity index (χ4v) is 4.72. The Morgan fingerprint density at radius 2 is 1.69 bits per heavy atom. The molecule has 0 N–H and O–H groups in total. The van der Waals surface area contributed by atoms with Gasteiger partial charge >= 0.3 is 0 Å². The number of halogens is 2. The van der Waals surface area contributed by atoms with Crippen LogP contribution >= 0.6 is 34.5 Å². The maximum absolute atomic E-state index is 13.0. The Bertz CT molecular complexity index is 1650. The SMILES string of the molecule is COc1cc(-c2nc3s/c(=C\c4ccc(-c5ccc(Cl)c(Cl)c5)o4)c(=O)n3n2)cc(OC)c1OC. The van der Waals surface area contributed by atoms with Crippen LogP contribution in [0.3, 0.4) is 0 Å². The average Bonchev–Trinajstić information content (AvgIpc) is 3.57. The van der Waals surface area contributed by atoms with E-state index < -0.39 is 0 Å². The number of furan rings is 1. The van der Waals surface area contributed by atoms with Gasteiger partial charge in [-0.25, -0.2) is 0 Å². The van der Waals surface area contributed by atoms with Crippen LogP contribution in [0, 0.1) is 0 Å². The van der Waals surface area contributed by atoms with E-state index in [9.17, 15) is 4.79 Å². The lowest BCUT2D eigenvalue weighted by Crippen LogP contribution is -2.23. The summed E-state index contributed by atoms with van der Waals surface area (Å²) in [5.74, 6) is 2.86. The first-order valence-corrected chi connectivity index (χ1v) is 11.8. The number of aromatic nitrogens is 3. The van der Waals surface area contributed by atoms with Gasteiger partial charge in [0.05, 0.1) is 31.4 Å². The summed E-state index contributed by atoms with van der Waals surface area (Å²) in [6.45, 7) is 0. The van der Waals surface area contributed by atoms with Crippen LogP contribution < -0.4 is 24.3 Å². The average molecular weight is 530 g/mol. The Hall–Kier alpha value is -3.53. The van der Waals surface area contributed by atoms with Gasteiger partial charge in [-0.1, -0.05) is 34.5 Å². The molecule has 0 aliphatic rings. The molecule has 0 radical (unpaired) electrons. The Kier molecular flexibility index (Phi) is 6.14. The van der Waals surface area contributed by atoms with Crippen LogP contribution in [0.4, 0.5) is 0 Å². The molecule has 3 aromatic heterocycles. The van der Waals surface area contributed by atoms with Gasteiger partial charge in [0, 0.05) is 17.2 Å². The fourth-order valence-electron chi connectivity index (χ4n) is 3.53. The Morgan fingerprint density at radius 1 is 0.943 bits per heavy atom. The lowest BCUT2D eigenvalue weighted by atomic mass is 10.1. The predicted octanol–water partition coefficient (Wildman–Crippen LogP) is 4.96. The van der Waals surface area contributed by atoms with Crippen LogP contribution in [0.25, 0.3) is 33.7 Å². The zero-order valence-corrected chi connectivity index (χ0v) is 21.0. The minimum absolute atomic E-state index is 0.302. The molecule has 178 valence electrons. The molecule has 0 atom stereocenters. The van der Waals surface area contributed by atoms with Crippen LogP contribution in [-0.2, 0) is 0 Å². The Morgan fingerprint density at radius 3 is 2.31 bits per heavy atom. The first-order valence-electron chi connectivity index (χ1n) is 10.2. The number of hydrogen-bond donors (Lipinski definition) is 0. The largest absolute Gasteiger partial charge is 0.493 e. The number of rotatable bonds is 6. The Balaban J connectivity index is 1.51. The van der Waals surface area contributed by atoms with Crippen molar-refractivity contribution in [3.05, 3.63) is 73.2 Å². The third-order valence-electron chi connectivity index (χ3n) is 5.21. The molecule has 0 spiro atoms. The lowest BCUT2D eigenvalue weighted by molar-refractivity contribution is 0.324. The van der Waals surface area contributed by atoms with Gasteiger partial charge in [-0.2, -0.15) is 9.50 Å². The van der Waals surface area contributed by atoms with Gasteiger partial charge < -0.3 is 18.6 Å². The third-order valence-corrected chi connectivity index (χ3v) is 6.91. The molecule has 0 aliphatic heterocycles. The quantitative estimate of drug-likeness (QED) is 0.307. The van der Waals surface area contributed by atoms with Gasteiger partial charge in [-0.3, -0.25) is 4.79 Å². The molecule has 0 fully saturated rings. The second-order valence-corrected chi connectivity index (χ2v) is 9.11. The van der Waals surface area contributed by atoms with E-state index in [4.69, 9.17) is 41.8 Å². The van der Waals surface area contributed by atoms with E-state index in [0.717, 1.165) is 5.56 Å². The van der Waals surface area contributed by atoms with Crippen molar-refractivity contribution in [3.8, 4) is 40.0 Å². The predicted molar refractivity (Wildman–Crippen MR) is 135 cm³/mol. The van der Waals surface area contributed by atoms with E-state index in [0.29, 0.717) is 59.7 Å². The molecule has 0 saturated heterocycles. The van der Waals surface area contributed by atoms with Crippen molar-refractivity contribution in [1.82, 2.24) is 14.6 Å². The molecule has 5 rings (SSSR count). The summed E-state index contributed by atoms with van der Waals surface area (Å²) in [6.07, 6.45) is 1.66. The molecule has 11 heteroatoms. The molecular formula is C24H17Cl2N3O5S. The number of nitrogens with zero attached hydrogens (tertiary/aromatic N) is 3. The van der Waals surface area contributed by atoms with E-state index >= 15 is 0 Å². The first kappa shape index (κ1) is 23.2. The van der Waals surface area contributed by atoms with Crippen LogP contribution in [0.2, 0.25) is 10.0 Å². The lowest BCUT2D eigenvalue weighted by Gasteiger charge is -2.12. The summed E-state index contributed by atoms with van der Waals surface area (Å²) in [6, 6.07) is 12.3. The highest BCUT2D eigenvalue weighted by Gasteiger charge is 2.18. The van der Waals surface area contributed by atoms with Crippen molar-refractivity contribution in [2.24, 2.45) is 0 Å². The number of hydrogen-bond acceptors (Lipinski definition) is 8. The summed E-state index contributed by atoms with van der Waals surface area (Å²) < 4.78 is 23.7. The molecule has 35 heavy (non-hydrogen) atoms. The summed E-state index contributed by atoms with van der Waals surface area (Å²) in [5, 5.41) is 5.29. The highest BCUT2D eigenvalue weighted by molar-refractivity contribution is 7.15. The van der Waals surface area contributed by atoms with E-state index in [1.807, 2.05) is 6.07 Å². The first-order chi connectivity index (χ1) is 16.9. The topological polar surface area (TPSA) is 88.1 Å². The van der Waals surface area contributed by atoms with E-state index in [2.05, 4.69) is 10.1 Å². The van der Waals surface area contributed by atoms with Crippen molar-refractivity contribution >= 4 is 45.6 Å². The van der Waals surface area contributed by atoms with E-state index in [-0.39, 0.29) is 5.56 Å². The van der Waals surface area contributed by atoms with Crippen LogP contribution in [0.15, 0.2) is 51.7 Å². The minimum atomic E-state index is -0.302. The highest BCUT2D eigenvalue weighted by atomic mass is 35.5. The van der Waals surface area contributed by atoms with Crippen molar-refractivity contribution in [2.75, 3.05) is 21.3 Å². The molecule has 5 aromatic rings. The maximum Gasteiger partial charge on any atom is 0.291 e. The molecule has 3 heterocycles. The molecule has 0 amide bonds. The Labute approximate surface area is 212 Å². The van der Waals surface area contributed by atoms with E-state index in [1.165, 1.54) is 37.2 Å². The zero-order chi connectivity index (χ0) is 24.7. The number of ether oxygens (including phenoxy) is 3. The second kappa shape index (κ2) is 9.26. The second-order valence-electron chi connectivity index (χ2n) is 7.29. The number of benzene rings is 2. The monoisotopic (exact) mass is 529 g/mol. The molecule has 0 aliphatic carbocycles.